The van der Waals surface area contributed by atoms with Crippen LogP contribution in [-0.4, -0.2) is 23.5 Å². The molecule has 6 saturated carbocycles. The van der Waals surface area contributed by atoms with Crippen molar-refractivity contribution in [2.24, 2.45) is 39.9 Å². The highest BCUT2D eigenvalue weighted by Crippen LogP contribution is 2.87. The molecule has 0 aromatic carbocycles. The van der Waals surface area contributed by atoms with E-state index in [4.69, 9.17) is 0 Å². The van der Waals surface area contributed by atoms with Crippen molar-refractivity contribution in [2.75, 3.05) is 6.54 Å². The fraction of sp³-hybridized carbons (Fsp3) is 0.900. The van der Waals surface area contributed by atoms with Gasteiger partial charge in [0.05, 0.1) is 0 Å². The van der Waals surface area contributed by atoms with E-state index in [1.165, 1.54) is 32.2 Å². The molecule has 1 heteroatoms. The molecule has 3 aliphatic heterocycles. The second kappa shape index (κ2) is 2.79. The van der Waals surface area contributed by atoms with Crippen molar-refractivity contribution in [3.63, 3.8) is 0 Å². The first-order valence-corrected chi connectivity index (χ1v) is 9.54. The number of allylic oxidation sites excluding steroid dienone is 1. The Morgan fingerprint density at radius 1 is 1.24 bits per heavy atom. The number of rotatable bonds is 0. The molecule has 10 atom stereocenters. The van der Waals surface area contributed by atoms with E-state index in [1.807, 2.05) is 0 Å². The fourth-order valence-electron chi connectivity index (χ4n) is 10.4. The van der Waals surface area contributed by atoms with Gasteiger partial charge in [0.15, 0.2) is 0 Å². The lowest BCUT2D eigenvalue weighted by Gasteiger charge is -2.63. The largest absolute Gasteiger partial charge is 0.296 e. The standard InChI is InChI=1S/C20H27N/c1-11-8-19-9-14-16-18(2)4-3-5-20(16)15(19)7-12(11)6-13(19)17(20)21(14)10-18/h12-17H,1,3-10H2,2H3/t12-,13?,14+,15?,16+,17?,18?,19-,20?/m0/s1. The summed E-state index contributed by atoms with van der Waals surface area (Å²) < 4.78 is 0. The Labute approximate surface area is 128 Å². The molecule has 9 bridgehead atoms. The predicted molar refractivity (Wildman–Crippen MR) is 82.7 cm³/mol. The maximum atomic E-state index is 4.51. The quantitative estimate of drug-likeness (QED) is 0.610. The molecule has 3 heterocycles. The summed E-state index contributed by atoms with van der Waals surface area (Å²) in [7, 11) is 0. The molecule has 9 aliphatic rings. The molecule has 3 saturated heterocycles. The van der Waals surface area contributed by atoms with Crippen LogP contribution in [0.25, 0.3) is 0 Å². The van der Waals surface area contributed by atoms with Gasteiger partial charge in [-0.05, 0) is 78.4 Å². The van der Waals surface area contributed by atoms with Crippen molar-refractivity contribution in [1.29, 1.82) is 0 Å². The van der Waals surface area contributed by atoms with Crippen molar-refractivity contribution < 1.29 is 0 Å². The summed E-state index contributed by atoms with van der Waals surface area (Å²) in [6.45, 7) is 8.63. The van der Waals surface area contributed by atoms with Gasteiger partial charge in [0.25, 0.3) is 0 Å². The van der Waals surface area contributed by atoms with Crippen molar-refractivity contribution in [3.05, 3.63) is 12.2 Å². The molecule has 9 fully saturated rings. The minimum absolute atomic E-state index is 0.689. The molecule has 0 aromatic rings. The topological polar surface area (TPSA) is 3.24 Å². The summed E-state index contributed by atoms with van der Waals surface area (Å²) in [5, 5.41) is 0. The van der Waals surface area contributed by atoms with Gasteiger partial charge in [-0.1, -0.05) is 25.5 Å². The van der Waals surface area contributed by atoms with Crippen LogP contribution in [0.4, 0.5) is 0 Å². The second-order valence-corrected chi connectivity index (χ2v) is 10.4. The van der Waals surface area contributed by atoms with Gasteiger partial charge >= 0.3 is 0 Å². The monoisotopic (exact) mass is 281 g/mol. The normalized spacial score (nSPS) is 74.5. The van der Waals surface area contributed by atoms with E-state index in [1.54, 1.807) is 24.8 Å². The Bertz CT molecular complexity index is 609. The average molecular weight is 281 g/mol. The van der Waals surface area contributed by atoms with Crippen LogP contribution in [0.1, 0.15) is 51.9 Å². The van der Waals surface area contributed by atoms with Gasteiger partial charge in [-0.2, -0.15) is 0 Å². The van der Waals surface area contributed by atoms with Gasteiger partial charge in [0.2, 0.25) is 0 Å². The smallest absolute Gasteiger partial charge is 0.0195 e. The maximum Gasteiger partial charge on any atom is 0.0195 e. The van der Waals surface area contributed by atoms with Gasteiger partial charge in [0.1, 0.15) is 0 Å². The molecule has 0 aromatic heterocycles. The highest BCUT2D eigenvalue weighted by Gasteiger charge is 2.86. The first kappa shape index (κ1) is 11.3. The number of piperidine rings is 2. The van der Waals surface area contributed by atoms with E-state index < -0.39 is 0 Å². The molecular formula is C20H27N. The minimum Gasteiger partial charge on any atom is -0.296 e. The third-order valence-corrected chi connectivity index (χ3v) is 10.2. The zero-order valence-electron chi connectivity index (χ0n) is 13.3. The molecule has 0 amide bonds. The molecule has 0 radical (unpaired) electrons. The molecule has 0 N–H and O–H groups in total. The van der Waals surface area contributed by atoms with E-state index in [2.05, 4.69) is 18.4 Å². The molecule has 6 unspecified atom stereocenters. The van der Waals surface area contributed by atoms with Gasteiger partial charge in [-0.15, -0.1) is 0 Å². The fourth-order valence-corrected chi connectivity index (χ4v) is 10.4. The molecule has 9 rings (SSSR count). The SMILES string of the molecule is C=C1C[C@]23C[C@@H]4[C@@H]5C6(C)CCCC57C(C2C[C@H]1CC73)N4C6. The number of hydrogen-bond donors (Lipinski definition) is 0. The van der Waals surface area contributed by atoms with Crippen LogP contribution >= 0.6 is 0 Å². The number of hydrogen-bond acceptors (Lipinski definition) is 1. The lowest BCUT2D eigenvalue weighted by molar-refractivity contribution is -0.115. The first-order valence-electron chi connectivity index (χ1n) is 9.54. The molecular weight excluding hydrogens is 254 g/mol. The summed E-state index contributed by atoms with van der Waals surface area (Å²) in [6, 6.07) is 1.99. The zero-order chi connectivity index (χ0) is 13.8. The Morgan fingerprint density at radius 3 is 3.05 bits per heavy atom. The number of fused-ring (bicyclic) bond motifs is 1. The summed E-state index contributed by atoms with van der Waals surface area (Å²) in [4.78, 5) is 3.09. The van der Waals surface area contributed by atoms with Gasteiger partial charge < -0.3 is 0 Å². The molecule has 21 heavy (non-hydrogen) atoms. The third kappa shape index (κ3) is 0.821. The second-order valence-electron chi connectivity index (χ2n) is 10.4. The van der Waals surface area contributed by atoms with E-state index in [9.17, 15) is 0 Å². The Hall–Kier alpha value is -0.300. The average Bonchev–Trinajstić information content (AvgIpc) is 2.84. The third-order valence-electron chi connectivity index (χ3n) is 10.2. The Morgan fingerprint density at radius 2 is 2.14 bits per heavy atom. The van der Waals surface area contributed by atoms with Crippen LogP contribution in [0.3, 0.4) is 0 Å². The van der Waals surface area contributed by atoms with Crippen LogP contribution in [0.2, 0.25) is 0 Å². The minimum atomic E-state index is 0.689. The summed E-state index contributed by atoms with van der Waals surface area (Å²) in [5.41, 5.74) is 3.85. The summed E-state index contributed by atoms with van der Waals surface area (Å²) >= 11 is 0. The highest BCUT2D eigenvalue weighted by molar-refractivity contribution is 5.39. The van der Waals surface area contributed by atoms with E-state index in [0.29, 0.717) is 5.41 Å². The number of nitrogens with zero attached hydrogens (tertiary/aromatic N) is 1. The molecule has 1 nitrogen and oxygen atoms in total. The highest BCUT2D eigenvalue weighted by atomic mass is 15.3. The first-order chi connectivity index (χ1) is 10.1. The maximum absolute atomic E-state index is 4.51. The van der Waals surface area contributed by atoms with Crippen molar-refractivity contribution in [3.8, 4) is 0 Å². The zero-order valence-corrected chi connectivity index (χ0v) is 13.3. The summed E-state index contributed by atoms with van der Waals surface area (Å²) in [5.74, 6) is 4.15. The van der Waals surface area contributed by atoms with E-state index in [-0.39, 0.29) is 0 Å². The van der Waals surface area contributed by atoms with Crippen LogP contribution in [-0.2, 0) is 0 Å². The predicted octanol–water partition coefficient (Wildman–Crippen LogP) is 3.85. The lowest BCUT2D eigenvalue weighted by Crippen LogP contribution is -2.58. The van der Waals surface area contributed by atoms with Crippen LogP contribution in [0.15, 0.2) is 12.2 Å². The van der Waals surface area contributed by atoms with E-state index in [0.717, 1.165) is 46.6 Å². The van der Waals surface area contributed by atoms with Gasteiger partial charge in [-0.25, -0.2) is 0 Å². The van der Waals surface area contributed by atoms with Crippen LogP contribution < -0.4 is 0 Å². The van der Waals surface area contributed by atoms with Gasteiger partial charge in [-0.3, -0.25) is 4.90 Å². The van der Waals surface area contributed by atoms with E-state index >= 15 is 0 Å². The molecule has 112 valence electrons. The van der Waals surface area contributed by atoms with Crippen molar-refractivity contribution in [2.45, 2.75) is 64.0 Å². The lowest BCUT2D eigenvalue weighted by atomic mass is 9.41. The molecule has 2 spiro atoms. The van der Waals surface area contributed by atoms with Crippen molar-refractivity contribution >= 4 is 0 Å². The summed E-state index contributed by atoms with van der Waals surface area (Å²) in [6.07, 6.45) is 10.7. The Balaban J connectivity index is 1.53. The van der Waals surface area contributed by atoms with Gasteiger partial charge in [0, 0.05) is 18.6 Å². The van der Waals surface area contributed by atoms with Crippen LogP contribution in [0, 0.1) is 39.9 Å². The van der Waals surface area contributed by atoms with Crippen molar-refractivity contribution in [1.82, 2.24) is 4.90 Å². The van der Waals surface area contributed by atoms with Crippen LogP contribution in [0.5, 0.6) is 0 Å². The molecule has 6 aliphatic carbocycles. The Kier molecular flexibility index (Phi) is 1.50.